The van der Waals surface area contributed by atoms with Crippen molar-refractivity contribution in [2.24, 2.45) is 0 Å². The molecule has 0 aromatic heterocycles. The Labute approximate surface area is 256 Å². The molecule has 4 aliphatic rings. The van der Waals surface area contributed by atoms with Crippen LogP contribution in [0.2, 0.25) is 0 Å². The molecular formula is C25H44O20. The number of aliphatic hydroxyl groups is 13. The van der Waals surface area contributed by atoms with Crippen molar-refractivity contribution in [3.8, 4) is 0 Å². The van der Waals surface area contributed by atoms with E-state index in [0.29, 0.717) is 0 Å². The van der Waals surface area contributed by atoms with Crippen LogP contribution in [-0.2, 0) is 33.2 Å². The van der Waals surface area contributed by atoms with Gasteiger partial charge in [0.25, 0.3) is 0 Å². The summed E-state index contributed by atoms with van der Waals surface area (Å²) >= 11 is 0. The van der Waals surface area contributed by atoms with E-state index in [0.717, 1.165) is 0 Å². The molecule has 4 saturated heterocycles. The molecule has 20 nitrogen and oxygen atoms in total. The number of hydrogen-bond donors (Lipinski definition) is 13. The zero-order valence-corrected chi connectivity index (χ0v) is 24.2. The van der Waals surface area contributed by atoms with Crippen LogP contribution >= 0.6 is 0 Å². The van der Waals surface area contributed by atoms with Crippen LogP contribution in [0.25, 0.3) is 0 Å². The van der Waals surface area contributed by atoms with E-state index >= 15 is 0 Å². The van der Waals surface area contributed by atoms with Crippen LogP contribution in [0.3, 0.4) is 0 Å². The molecule has 0 aromatic carbocycles. The van der Waals surface area contributed by atoms with Gasteiger partial charge in [-0.2, -0.15) is 0 Å². The van der Waals surface area contributed by atoms with Crippen molar-refractivity contribution in [2.75, 3.05) is 39.6 Å². The smallest absolute Gasteiger partial charge is 0.224 e. The molecule has 0 aromatic rings. The summed E-state index contributed by atoms with van der Waals surface area (Å²) in [5.41, 5.74) is 0. The third-order valence-electron chi connectivity index (χ3n) is 8.70. The average molecular weight is 665 g/mol. The molecule has 4 aliphatic heterocycles. The number of aliphatic hydroxyl groups excluding tert-OH is 13. The lowest BCUT2D eigenvalue weighted by Gasteiger charge is -2.45. The van der Waals surface area contributed by atoms with Crippen LogP contribution in [0.1, 0.15) is 13.3 Å². The van der Waals surface area contributed by atoms with Gasteiger partial charge in [-0.25, -0.2) is 0 Å². The molecule has 0 amide bonds. The standard InChI is InChI=1S/C25H44O20/c1-2-9-13(30)17(34)18(35)22(41-9)45-25(21(38)16(33)12(5-28)44-25)8-40-24(20(37)15(32)11(4-27)43-24)7-39-23(6-29)19(36)14(31)10(3-26)42-23/h9-22,26-38H,2-8H2,1H3/t9-,10-,11+,12+,13-,14+,15+,16-,17+,18+,19-,20-,21+,22+,23-,24+,25-/m0/s1. The molecule has 13 N–H and O–H groups in total. The molecule has 0 radical (unpaired) electrons. The van der Waals surface area contributed by atoms with Crippen LogP contribution in [0, 0.1) is 0 Å². The van der Waals surface area contributed by atoms with Gasteiger partial charge in [-0.15, -0.1) is 0 Å². The lowest BCUT2D eigenvalue weighted by Crippen LogP contribution is -2.63. The van der Waals surface area contributed by atoms with E-state index in [2.05, 4.69) is 0 Å². The Morgan fingerprint density at radius 1 is 0.511 bits per heavy atom. The molecule has 17 atom stereocenters. The summed E-state index contributed by atoms with van der Waals surface area (Å²) in [4.78, 5) is 0. The molecule has 4 fully saturated rings. The Balaban J connectivity index is 1.65. The Morgan fingerprint density at radius 3 is 1.40 bits per heavy atom. The molecular weight excluding hydrogens is 620 g/mol. The highest BCUT2D eigenvalue weighted by Crippen LogP contribution is 2.42. The lowest BCUT2D eigenvalue weighted by molar-refractivity contribution is -0.403. The molecule has 45 heavy (non-hydrogen) atoms. The fraction of sp³-hybridized carbons (Fsp3) is 1.00. The van der Waals surface area contributed by atoms with Gasteiger partial charge in [-0.05, 0) is 6.42 Å². The molecule has 264 valence electrons. The second kappa shape index (κ2) is 14.4. The first-order valence-corrected chi connectivity index (χ1v) is 14.4. The maximum absolute atomic E-state index is 11.0. The molecule has 4 heterocycles. The predicted octanol–water partition coefficient (Wildman–Crippen LogP) is -8.33. The van der Waals surface area contributed by atoms with E-state index in [1.54, 1.807) is 6.92 Å². The predicted molar refractivity (Wildman–Crippen MR) is 137 cm³/mol. The van der Waals surface area contributed by atoms with Gasteiger partial charge in [0, 0.05) is 0 Å². The molecule has 0 unspecified atom stereocenters. The zero-order valence-electron chi connectivity index (χ0n) is 24.2. The van der Waals surface area contributed by atoms with Crippen LogP contribution in [0.5, 0.6) is 0 Å². The van der Waals surface area contributed by atoms with Crippen molar-refractivity contribution in [2.45, 2.75) is 116 Å². The average Bonchev–Trinajstić information content (AvgIpc) is 3.55. The number of ether oxygens (including phenoxy) is 7. The van der Waals surface area contributed by atoms with Crippen molar-refractivity contribution in [3.05, 3.63) is 0 Å². The first kappa shape index (κ1) is 37.0. The molecule has 0 bridgehead atoms. The summed E-state index contributed by atoms with van der Waals surface area (Å²) in [6.07, 6.45) is -24.1. The first-order chi connectivity index (χ1) is 21.2. The fourth-order valence-electron chi connectivity index (χ4n) is 5.83. The van der Waals surface area contributed by atoms with Gasteiger partial charge in [-0.3, -0.25) is 0 Å². The number of hydrogen-bond acceptors (Lipinski definition) is 20. The fourth-order valence-corrected chi connectivity index (χ4v) is 5.83. The minimum absolute atomic E-state index is 0.132. The monoisotopic (exact) mass is 664 g/mol. The summed E-state index contributed by atoms with van der Waals surface area (Å²) in [5.74, 6) is -7.58. The number of rotatable bonds is 13. The Hall–Kier alpha value is -0.800. The van der Waals surface area contributed by atoms with Gasteiger partial charge >= 0.3 is 0 Å². The van der Waals surface area contributed by atoms with Crippen molar-refractivity contribution in [3.63, 3.8) is 0 Å². The summed E-state index contributed by atoms with van der Waals surface area (Å²) in [5, 5.41) is 134. The minimum atomic E-state index is -2.59. The highest BCUT2D eigenvalue weighted by atomic mass is 16.8. The molecule has 0 aliphatic carbocycles. The second-order valence-electron chi connectivity index (χ2n) is 11.5. The van der Waals surface area contributed by atoms with Crippen molar-refractivity contribution < 1.29 is 99.5 Å². The van der Waals surface area contributed by atoms with Gasteiger partial charge in [0.05, 0.1) is 25.9 Å². The van der Waals surface area contributed by atoms with Crippen LogP contribution in [-0.4, -0.2) is 209 Å². The van der Waals surface area contributed by atoms with Gasteiger partial charge < -0.3 is 99.5 Å². The summed E-state index contributed by atoms with van der Waals surface area (Å²) in [6, 6.07) is 0. The normalized spacial score (nSPS) is 52.1. The van der Waals surface area contributed by atoms with E-state index in [4.69, 9.17) is 33.2 Å². The van der Waals surface area contributed by atoms with Gasteiger partial charge in [0.15, 0.2) is 6.29 Å². The van der Waals surface area contributed by atoms with Crippen LogP contribution in [0.15, 0.2) is 0 Å². The van der Waals surface area contributed by atoms with Crippen LogP contribution < -0.4 is 0 Å². The van der Waals surface area contributed by atoms with Crippen LogP contribution in [0.4, 0.5) is 0 Å². The topological polar surface area (TPSA) is 328 Å². The summed E-state index contributed by atoms with van der Waals surface area (Å²) in [6.45, 7) is -4.18. The van der Waals surface area contributed by atoms with E-state index in [1.165, 1.54) is 0 Å². The molecule has 4 rings (SSSR count). The van der Waals surface area contributed by atoms with E-state index < -0.39 is 143 Å². The van der Waals surface area contributed by atoms with Gasteiger partial charge in [0.2, 0.25) is 17.4 Å². The Bertz CT molecular complexity index is 962. The molecule has 0 spiro atoms. The Morgan fingerprint density at radius 2 is 0.933 bits per heavy atom. The highest BCUT2D eigenvalue weighted by Gasteiger charge is 2.64. The van der Waals surface area contributed by atoms with Crippen molar-refractivity contribution in [1.29, 1.82) is 0 Å². The summed E-state index contributed by atoms with van der Waals surface area (Å²) < 4.78 is 39.2. The third-order valence-corrected chi connectivity index (χ3v) is 8.70. The van der Waals surface area contributed by atoms with E-state index in [1.807, 2.05) is 0 Å². The van der Waals surface area contributed by atoms with Gasteiger partial charge in [0.1, 0.15) is 93.1 Å². The largest absolute Gasteiger partial charge is 0.394 e. The lowest BCUT2D eigenvalue weighted by atomic mass is 9.97. The quantitative estimate of drug-likeness (QED) is 0.0869. The van der Waals surface area contributed by atoms with E-state index in [-0.39, 0.29) is 6.42 Å². The van der Waals surface area contributed by atoms with Gasteiger partial charge in [-0.1, -0.05) is 6.92 Å². The Kier molecular flexibility index (Phi) is 11.8. The maximum Gasteiger partial charge on any atom is 0.224 e. The first-order valence-electron chi connectivity index (χ1n) is 14.4. The van der Waals surface area contributed by atoms with Crippen molar-refractivity contribution >= 4 is 0 Å². The summed E-state index contributed by atoms with van der Waals surface area (Å²) in [7, 11) is 0. The second-order valence-corrected chi connectivity index (χ2v) is 11.5. The minimum Gasteiger partial charge on any atom is -0.394 e. The zero-order chi connectivity index (χ0) is 33.5. The molecule has 0 saturated carbocycles. The molecule has 20 heteroatoms. The maximum atomic E-state index is 11.0. The SMILES string of the molecule is CC[C@@H]1O[C@H](O[C@]2(CO[C@]3(CO[C@@]4(CO)O[C@@H](CO)[C@@H](O)[C@@H]4O)O[C@H](CO)[C@@H](O)[C@@H]3O)O[C@H](CO)[C@H](O)[C@H]2O)[C@H](O)[C@H](O)[C@H]1O. The van der Waals surface area contributed by atoms with Crippen molar-refractivity contribution in [1.82, 2.24) is 0 Å². The highest BCUT2D eigenvalue weighted by molar-refractivity contribution is 5.03. The third kappa shape index (κ3) is 6.50. The van der Waals surface area contributed by atoms with E-state index in [9.17, 15) is 66.4 Å².